The van der Waals surface area contributed by atoms with Crippen molar-refractivity contribution in [1.29, 1.82) is 0 Å². The summed E-state index contributed by atoms with van der Waals surface area (Å²) in [5.74, 6) is 2.38. The molecule has 0 saturated carbocycles. The van der Waals surface area contributed by atoms with Crippen LogP contribution < -0.4 is 15.5 Å². The van der Waals surface area contributed by atoms with Gasteiger partial charge in [0, 0.05) is 36.1 Å². The maximum Gasteiger partial charge on any atom is 0.255 e. The molecule has 166 valence electrons. The topological polar surface area (TPSA) is 70.2 Å². The number of anilines is 4. The van der Waals surface area contributed by atoms with Crippen LogP contribution in [0, 0.1) is 6.92 Å². The highest BCUT2D eigenvalue weighted by Crippen LogP contribution is 2.25. The van der Waals surface area contributed by atoms with Gasteiger partial charge in [0.15, 0.2) is 0 Å². The molecule has 0 atom stereocenters. The molecule has 6 nitrogen and oxygen atoms in total. The van der Waals surface area contributed by atoms with Crippen LogP contribution in [0.15, 0.2) is 54.6 Å². The van der Waals surface area contributed by atoms with Crippen LogP contribution in [-0.2, 0) is 5.41 Å². The number of benzene rings is 2. The highest BCUT2D eigenvalue weighted by Gasteiger charge is 2.16. The average molecular weight is 430 g/mol. The number of amides is 1. The maximum atomic E-state index is 12.6. The van der Waals surface area contributed by atoms with Gasteiger partial charge >= 0.3 is 0 Å². The highest BCUT2D eigenvalue weighted by molar-refractivity contribution is 6.04. The highest BCUT2D eigenvalue weighted by atomic mass is 16.1. The first-order valence-electron chi connectivity index (χ1n) is 11.2. The summed E-state index contributed by atoms with van der Waals surface area (Å²) in [7, 11) is 0. The maximum absolute atomic E-state index is 12.6. The van der Waals surface area contributed by atoms with Crippen LogP contribution in [0.5, 0.6) is 0 Å². The number of nitrogens with zero attached hydrogens (tertiary/aromatic N) is 3. The Morgan fingerprint density at radius 1 is 0.906 bits per heavy atom. The van der Waals surface area contributed by atoms with Gasteiger partial charge in [-0.3, -0.25) is 4.79 Å². The van der Waals surface area contributed by atoms with Gasteiger partial charge in [0.2, 0.25) is 0 Å². The van der Waals surface area contributed by atoms with E-state index in [4.69, 9.17) is 0 Å². The SMILES string of the molecule is Cc1nc(Nc2ccc(NC(=O)c3ccc(C(C)(C)C)cc3)cc2)cc(N2CCCC2)n1. The number of carbonyl (C=O) groups is 1. The molecule has 1 fully saturated rings. The molecule has 1 aliphatic rings. The number of aryl methyl sites for hydroxylation is 1. The lowest BCUT2D eigenvalue weighted by Gasteiger charge is -2.19. The van der Waals surface area contributed by atoms with Crippen molar-refractivity contribution in [3.8, 4) is 0 Å². The zero-order chi connectivity index (χ0) is 22.7. The number of hydrogen-bond donors (Lipinski definition) is 2. The molecule has 0 radical (unpaired) electrons. The number of rotatable bonds is 5. The van der Waals surface area contributed by atoms with Crippen molar-refractivity contribution in [2.75, 3.05) is 28.6 Å². The quantitative estimate of drug-likeness (QED) is 0.546. The molecule has 0 unspecified atom stereocenters. The van der Waals surface area contributed by atoms with E-state index < -0.39 is 0 Å². The summed E-state index contributed by atoms with van der Waals surface area (Å²) < 4.78 is 0. The Balaban J connectivity index is 1.41. The first-order chi connectivity index (χ1) is 15.3. The van der Waals surface area contributed by atoms with Crippen LogP contribution >= 0.6 is 0 Å². The minimum absolute atomic E-state index is 0.0648. The van der Waals surface area contributed by atoms with Crippen LogP contribution in [0.3, 0.4) is 0 Å². The number of carbonyl (C=O) groups excluding carboxylic acids is 1. The van der Waals surface area contributed by atoms with E-state index in [0.29, 0.717) is 5.56 Å². The monoisotopic (exact) mass is 429 g/mol. The van der Waals surface area contributed by atoms with E-state index in [1.807, 2.05) is 61.5 Å². The molecule has 3 aromatic rings. The molecule has 4 rings (SSSR count). The van der Waals surface area contributed by atoms with Gasteiger partial charge in [0.05, 0.1) is 0 Å². The Morgan fingerprint density at radius 3 is 2.16 bits per heavy atom. The summed E-state index contributed by atoms with van der Waals surface area (Å²) in [6, 6.07) is 17.4. The zero-order valence-corrected chi connectivity index (χ0v) is 19.3. The second kappa shape index (κ2) is 8.99. The summed E-state index contributed by atoms with van der Waals surface area (Å²) in [6.07, 6.45) is 2.42. The van der Waals surface area contributed by atoms with Gasteiger partial charge in [-0.25, -0.2) is 9.97 Å². The van der Waals surface area contributed by atoms with Crippen molar-refractivity contribution < 1.29 is 4.79 Å². The Bertz CT molecular complexity index is 1080. The minimum Gasteiger partial charge on any atom is -0.356 e. The van der Waals surface area contributed by atoms with Crippen molar-refractivity contribution in [3.63, 3.8) is 0 Å². The van der Waals surface area contributed by atoms with E-state index in [1.165, 1.54) is 18.4 Å². The fourth-order valence-electron chi connectivity index (χ4n) is 3.83. The molecular formula is C26H31N5O. The van der Waals surface area contributed by atoms with Crippen molar-refractivity contribution in [1.82, 2.24) is 9.97 Å². The Labute approximate surface area is 190 Å². The van der Waals surface area contributed by atoms with Crippen molar-refractivity contribution in [2.24, 2.45) is 0 Å². The first kappa shape index (κ1) is 21.8. The first-order valence-corrected chi connectivity index (χ1v) is 11.2. The molecule has 0 aliphatic carbocycles. The summed E-state index contributed by atoms with van der Waals surface area (Å²) in [4.78, 5) is 24.0. The molecule has 32 heavy (non-hydrogen) atoms. The number of hydrogen-bond acceptors (Lipinski definition) is 5. The van der Waals surface area contributed by atoms with E-state index in [-0.39, 0.29) is 11.3 Å². The molecule has 6 heteroatoms. The van der Waals surface area contributed by atoms with Crippen LogP contribution in [-0.4, -0.2) is 29.0 Å². The Hall–Kier alpha value is -3.41. The lowest BCUT2D eigenvalue weighted by Crippen LogP contribution is -2.19. The summed E-state index contributed by atoms with van der Waals surface area (Å²) in [6.45, 7) is 10.5. The molecule has 0 bridgehead atoms. The molecular weight excluding hydrogens is 398 g/mol. The zero-order valence-electron chi connectivity index (χ0n) is 19.3. The molecule has 1 amide bonds. The van der Waals surface area contributed by atoms with Gasteiger partial charge in [0.25, 0.3) is 5.91 Å². The Kier molecular flexibility index (Phi) is 6.12. The molecule has 2 N–H and O–H groups in total. The second-order valence-corrected chi connectivity index (χ2v) is 9.34. The summed E-state index contributed by atoms with van der Waals surface area (Å²) >= 11 is 0. The Morgan fingerprint density at radius 2 is 1.53 bits per heavy atom. The van der Waals surface area contributed by atoms with E-state index in [0.717, 1.165) is 41.9 Å². The largest absolute Gasteiger partial charge is 0.356 e. The van der Waals surface area contributed by atoms with Crippen molar-refractivity contribution in [2.45, 2.75) is 46.0 Å². The third-order valence-electron chi connectivity index (χ3n) is 5.68. The van der Waals surface area contributed by atoms with Crippen LogP contribution in [0.1, 0.15) is 55.4 Å². The van der Waals surface area contributed by atoms with Gasteiger partial charge < -0.3 is 15.5 Å². The predicted molar refractivity (Wildman–Crippen MR) is 131 cm³/mol. The summed E-state index contributed by atoms with van der Waals surface area (Å²) in [5, 5.41) is 6.31. The van der Waals surface area contributed by atoms with E-state index in [1.54, 1.807) is 0 Å². The van der Waals surface area contributed by atoms with Crippen LogP contribution in [0.2, 0.25) is 0 Å². The lowest BCUT2D eigenvalue weighted by molar-refractivity contribution is 0.102. The fraction of sp³-hybridized carbons (Fsp3) is 0.346. The molecule has 2 heterocycles. The normalized spacial score (nSPS) is 13.8. The van der Waals surface area contributed by atoms with Gasteiger partial charge in [-0.2, -0.15) is 0 Å². The number of aromatic nitrogens is 2. The van der Waals surface area contributed by atoms with Crippen molar-refractivity contribution in [3.05, 3.63) is 71.5 Å². The van der Waals surface area contributed by atoms with Gasteiger partial charge in [-0.1, -0.05) is 32.9 Å². The van der Waals surface area contributed by atoms with E-state index >= 15 is 0 Å². The molecule has 1 saturated heterocycles. The minimum atomic E-state index is -0.118. The van der Waals surface area contributed by atoms with E-state index in [2.05, 4.69) is 46.3 Å². The molecule has 2 aromatic carbocycles. The van der Waals surface area contributed by atoms with E-state index in [9.17, 15) is 4.79 Å². The van der Waals surface area contributed by atoms with Crippen LogP contribution in [0.4, 0.5) is 23.0 Å². The van der Waals surface area contributed by atoms with Gasteiger partial charge in [0.1, 0.15) is 17.5 Å². The van der Waals surface area contributed by atoms with Crippen LogP contribution in [0.25, 0.3) is 0 Å². The fourth-order valence-corrected chi connectivity index (χ4v) is 3.83. The molecule has 1 aromatic heterocycles. The molecule has 1 aliphatic heterocycles. The second-order valence-electron chi connectivity index (χ2n) is 9.34. The predicted octanol–water partition coefficient (Wildman–Crippen LogP) is 5.68. The lowest BCUT2D eigenvalue weighted by atomic mass is 9.87. The average Bonchev–Trinajstić information content (AvgIpc) is 3.29. The third-order valence-corrected chi connectivity index (χ3v) is 5.68. The standard InChI is InChI=1S/C26H31N5O/c1-18-27-23(17-24(28-18)31-15-5-6-16-31)29-21-11-13-22(14-12-21)30-25(32)19-7-9-20(10-8-19)26(2,3)4/h7-14,17H,5-6,15-16H2,1-4H3,(H,30,32)(H,27,28,29). The van der Waals surface area contributed by atoms with Gasteiger partial charge in [-0.15, -0.1) is 0 Å². The third kappa shape index (κ3) is 5.25. The smallest absolute Gasteiger partial charge is 0.255 e. The number of nitrogens with one attached hydrogen (secondary N) is 2. The van der Waals surface area contributed by atoms with Gasteiger partial charge in [-0.05, 0) is 67.1 Å². The summed E-state index contributed by atoms with van der Waals surface area (Å²) in [5.41, 5.74) is 3.57. The molecule has 0 spiro atoms. The van der Waals surface area contributed by atoms with Crippen molar-refractivity contribution >= 4 is 28.9 Å².